The van der Waals surface area contributed by atoms with Gasteiger partial charge >= 0.3 is 0 Å². The average molecular weight is 292 g/mol. The molecule has 1 N–H and O–H groups in total. The largest absolute Gasteiger partial charge is 0.382 e. The van der Waals surface area contributed by atoms with Gasteiger partial charge in [-0.15, -0.1) is 0 Å². The van der Waals surface area contributed by atoms with E-state index in [2.05, 4.69) is 22.3 Å². The number of carbonyl (C=O) groups excluding carboxylic acids is 1. The van der Waals surface area contributed by atoms with Gasteiger partial charge in [0.05, 0.1) is 13.2 Å². The van der Waals surface area contributed by atoms with Gasteiger partial charge in [-0.05, 0) is 43.5 Å². The van der Waals surface area contributed by atoms with Crippen molar-refractivity contribution in [3.8, 4) is 0 Å². The van der Waals surface area contributed by atoms with Crippen molar-refractivity contribution < 1.29 is 14.3 Å². The molecule has 0 saturated carbocycles. The zero-order chi connectivity index (χ0) is 14.9. The van der Waals surface area contributed by atoms with Crippen LogP contribution in [0.3, 0.4) is 0 Å². The summed E-state index contributed by atoms with van der Waals surface area (Å²) in [5.74, 6) is -0.142. The number of carbonyl (C=O) groups is 1. The van der Waals surface area contributed by atoms with Crippen LogP contribution >= 0.6 is 0 Å². The van der Waals surface area contributed by atoms with E-state index >= 15 is 0 Å². The number of methoxy groups -OCH3 is 1. The molecule has 0 spiro atoms. The van der Waals surface area contributed by atoms with Gasteiger partial charge < -0.3 is 19.7 Å². The van der Waals surface area contributed by atoms with Crippen molar-refractivity contribution in [1.29, 1.82) is 0 Å². The van der Waals surface area contributed by atoms with Crippen LogP contribution in [0, 0.1) is 0 Å². The first-order valence-corrected chi connectivity index (χ1v) is 7.51. The molecule has 21 heavy (non-hydrogen) atoms. The van der Waals surface area contributed by atoms with E-state index in [4.69, 9.17) is 9.47 Å². The van der Waals surface area contributed by atoms with Crippen LogP contribution in [0.15, 0.2) is 24.3 Å². The molecule has 1 aromatic rings. The second-order valence-corrected chi connectivity index (χ2v) is 5.19. The summed E-state index contributed by atoms with van der Waals surface area (Å²) in [4.78, 5) is 14.1. The minimum absolute atomic E-state index is 0.0528. The SMILES string of the molecule is COCCOCC(=O)Nc1ccc(N2CCCCC2)cc1. The highest BCUT2D eigenvalue weighted by atomic mass is 16.5. The van der Waals surface area contributed by atoms with Crippen LogP contribution in [0.4, 0.5) is 11.4 Å². The Kier molecular flexibility index (Phi) is 6.50. The predicted molar refractivity (Wildman–Crippen MR) is 83.8 cm³/mol. The van der Waals surface area contributed by atoms with Crippen LogP contribution in [0.2, 0.25) is 0 Å². The van der Waals surface area contributed by atoms with Crippen molar-refractivity contribution in [2.24, 2.45) is 0 Å². The molecular weight excluding hydrogens is 268 g/mol. The van der Waals surface area contributed by atoms with Crippen LogP contribution in [0.1, 0.15) is 19.3 Å². The zero-order valence-corrected chi connectivity index (χ0v) is 12.6. The summed E-state index contributed by atoms with van der Waals surface area (Å²) in [5, 5.41) is 2.83. The van der Waals surface area contributed by atoms with E-state index in [1.165, 1.54) is 24.9 Å². The van der Waals surface area contributed by atoms with Gasteiger partial charge in [-0.2, -0.15) is 0 Å². The van der Waals surface area contributed by atoms with Crippen molar-refractivity contribution >= 4 is 17.3 Å². The number of nitrogens with zero attached hydrogens (tertiary/aromatic N) is 1. The van der Waals surface area contributed by atoms with E-state index in [1.807, 2.05) is 12.1 Å². The number of nitrogens with one attached hydrogen (secondary N) is 1. The molecule has 0 unspecified atom stereocenters. The first-order valence-electron chi connectivity index (χ1n) is 7.51. The normalized spacial score (nSPS) is 15.0. The van der Waals surface area contributed by atoms with Crippen LogP contribution < -0.4 is 10.2 Å². The molecule has 1 fully saturated rings. The van der Waals surface area contributed by atoms with Gasteiger partial charge in [0.1, 0.15) is 6.61 Å². The minimum Gasteiger partial charge on any atom is -0.382 e. The van der Waals surface area contributed by atoms with Gasteiger partial charge in [-0.1, -0.05) is 0 Å². The Morgan fingerprint density at radius 3 is 2.52 bits per heavy atom. The van der Waals surface area contributed by atoms with Crippen molar-refractivity contribution in [2.75, 3.05) is 50.2 Å². The quantitative estimate of drug-likeness (QED) is 0.783. The lowest BCUT2D eigenvalue weighted by Gasteiger charge is -2.28. The lowest BCUT2D eigenvalue weighted by atomic mass is 10.1. The smallest absolute Gasteiger partial charge is 0.250 e. The third kappa shape index (κ3) is 5.36. The molecule has 1 aliphatic heterocycles. The summed E-state index contributed by atoms with van der Waals surface area (Å²) in [6, 6.07) is 8.01. The third-order valence-electron chi connectivity index (χ3n) is 3.54. The molecule has 0 aromatic heterocycles. The van der Waals surface area contributed by atoms with E-state index in [0.717, 1.165) is 18.8 Å². The molecule has 5 nitrogen and oxygen atoms in total. The molecule has 1 amide bonds. The second kappa shape index (κ2) is 8.64. The number of benzene rings is 1. The summed E-state index contributed by atoms with van der Waals surface area (Å²) in [6.07, 6.45) is 3.85. The highest BCUT2D eigenvalue weighted by Crippen LogP contribution is 2.21. The van der Waals surface area contributed by atoms with Gasteiger partial charge in [-0.25, -0.2) is 0 Å². The fourth-order valence-corrected chi connectivity index (χ4v) is 2.41. The third-order valence-corrected chi connectivity index (χ3v) is 3.54. The van der Waals surface area contributed by atoms with Gasteiger partial charge in [0, 0.05) is 31.6 Å². The van der Waals surface area contributed by atoms with Gasteiger partial charge in [0.15, 0.2) is 0 Å². The number of piperidine rings is 1. The van der Waals surface area contributed by atoms with E-state index in [9.17, 15) is 4.79 Å². The van der Waals surface area contributed by atoms with E-state index < -0.39 is 0 Å². The standard InChI is InChI=1S/C16H24N2O3/c1-20-11-12-21-13-16(19)17-14-5-7-15(8-6-14)18-9-3-2-4-10-18/h5-8H,2-4,9-13H2,1H3,(H,17,19). The van der Waals surface area contributed by atoms with E-state index in [-0.39, 0.29) is 12.5 Å². The monoisotopic (exact) mass is 292 g/mol. The number of rotatable bonds is 7. The Labute approximate surface area is 126 Å². The molecule has 1 heterocycles. The van der Waals surface area contributed by atoms with Crippen LogP contribution in [0.25, 0.3) is 0 Å². The van der Waals surface area contributed by atoms with Crippen LogP contribution in [0.5, 0.6) is 0 Å². The molecule has 5 heteroatoms. The topological polar surface area (TPSA) is 50.8 Å². The van der Waals surface area contributed by atoms with Crippen LogP contribution in [-0.2, 0) is 14.3 Å². The summed E-state index contributed by atoms with van der Waals surface area (Å²) in [6.45, 7) is 3.23. The molecule has 1 aromatic carbocycles. The number of ether oxygens (including phenoxy) is 2. The summed E-state index contributed by atoms with van der Waals surface area (Å²) in [7, 11) is 1.60. The molecule has 0 atom stereocenters. The predicted octanol–water partition coefficient (Wildman–Crippen LogP) is 2.28. The first-order chi connectivity index (χ1) is 10.3. The Morgan fingerprint density at radius 1 is 1.14 bits per heavy atom. The second-order valence-electron chi connectivity index (χ2n) is 5.19. The Hall–Kier alpha value is -1.59. The maximum atomic E-state index is 11.7. The van der Waals surface area contributed by atoms with E-state index in [1.54, 1.807) is 7.11 Å². The van der Waals surface area contributed by atoms with Crippen molar-refractivity contribution in [3.05, 3.63) is 24.3 Å². The molecule has 2 rings (SSSR count). The number of amides is 1. The minimum atomic E-state index is -0.142. The highest BCUT2D eigenvalue weighted by Gasteiger charge is 2.10. The molecule has 0 radical (unpaired) electrons. The summed E-state index contributed by atoms with van der Waals surface area (Å²) < 4.78 is 10.0. The molecule has 1 aliphatic rings. The van der Waals surface area contributed by atoms with E-state index in [0.29, 0.717) is 13.2 Å². The summed E-state index contributed by atoms with van der Waals surface area (Å²) in [5.41, 5.74) is 2.03. The maximum absolute atomic E-state index is 11.7. The van der Waals surface area contributed by atoms with Crippen LogP contribution in [-0.4, -0.2) is 45.9 Å². The molecule has 116 valence electrons. The number of hydrogen-bond donors (Lipinski definition) is 1. The van der Waals surface area contributed by atoms with Crippen molar-refractivity contribution in [1.82, 2.24) is 0 Å². The van der Waals surface area contributed by atoms with Crippen molar-refractivity contribution in [3.63, 3.8) is 0 Å². The Bertz CT molecular complexity index is 428. The lowest BCUT2D eigenvalue weighted by molar-refractivity contribution is -0.121. The number of hydrogen-bond acceptors (Lipinski definition) is 4. The Balaban J connectivity index is 1.77. The van der Waals surface area contributed by atoms with Gasteiger partial charge in [-0.3, -0.25) is 4.79 Å². The highest BCUT2D eigenvalue weighted by molar-refractivity contribution is 5.91. The molecule has 1 saturated heterocycles. The fourth-order valence-electron chi connectivity index (χ4n) is 2.41. The molecule has 0 aliphatic carbocycles. The maximum Gasteiger partial charge on any atom is 0.250 e. The zero-order valence-electron chi connectivity index (χ0n) is 12.6. The fraction of sp³-hybridized carbons (Fsp3) is 0.562. The summed E-state index contributed by atoms with van der Waals surface area (Å²) >= 11 is 0. The van der Waals surface area contributed by atoms with Gasteiger partial charge in [0.25, 0.3) is 0 Å². The van der Waals surface area contributed by atoms with Crippen molar-refractivity contribution in [2.45, 2.75) is 19.3 Å². The molecule has 0 bridgehead atoms. The Morgan fingerprint density at radius 2 is 1.86 bits per heavy atom. The van der Waals surface area contributed by atoms with Gasteiger partial charge in [0.2, 0.25) is 5.91 Å². The lowest BCUT2D eigenvalue weighted by Crippen LogP contribution is -2.29. The number of anilines is 2. The first kappa shape index (κ1) is 15.8. The average Bonchev–Trinajstić information content (AvgIpc) is 2.53. The molecular formula is C16H24N2O3.